The second kappa shape index (κ2) is 6.27. The van der Waals surface area contributed by atoms with Gasteiger partial charge in [0.25, 0.3) is 0 Å². The SMILES string of the molecule is CCN(CC)c1ccc(-n2c(C)c3c(C)nnc(C)c3c2C)cc1. The van der Waals surface area contributed by atoms with E-state index in [1.54, 1.807) is 0 Å². The van der Waals surface area contributed by atoms with E-state index in [-0.39, 0.29) is 0 Å². The van der Waals surface area contributed by atoms with Gasteiger partial charge in [0.15, 0.2) is 0 Å². The van der Waals surface area contributed by atoms with Gasteiger partial charge in [0.05, 0.1) is 11.4 Å². The lowest BCUT2D eigenvalue weighted by atomic mass is 10.1. The molecule has 2 aromatic heterocycles. The Balaban J connectivity index is 2.17. The second-order valence-corrected chi connectivity index (χ2v) is 6.32. The molecule has 0 radical (unpaired) electrons. The summed E-state index contributed by atoms with van der Waals surface area (Å²) < 4.78 is 2.32. The molecule has 3 aromatic rings. The first-order valence-electron chi connectivity index (χ1n) is 8.66. The number of hydrogen-bond donors (Lipinski definition) is 0. The van der Waals surface area contributed by atoms with Crippen molar-refractivity contribution in [3.05, 3.63) is 47.0 Å². The molecule has 0 N–H and O–H groups in total. The highest BCUT2D eigenvalue weighted by Crippen LogP contribution is 2.32. The number of benzene rings is 1. The Morgan fingerprint density at radius 2 is 1.25 bits per heavy atom. The maximum Gasteiger partial charge on any atom is 0.0696 e. The summed E-state index contributed by atoms with van der Waals surface area (Å²) in [5, 5.41) is 11.1. The van der Waals surface area contributed by atoms with Crippen molar-refractivity contribution in [3.63, 3.8) is 0 Å². The average Bonchev–Trinajstić information content (AvgIpc) is 2.85. The number of rotatable bonds is 4. The van der Waals surface area contributed by atoms with E-state index in [0.717, 1.165) is 24.5 Å². The first-order valence-corrected chi connectivity index (χ1v) is 8.66. The lowest BCUT2D eigenvalue weighted by Crippen LogP contribution is -2.21. The van der Waals surface area contributed by atoms with Crippen LogP contribution < -0.4 is 4.90 Å². The van der Waals surface area contributed by atoms with Crippen molar-refractivity contribution in [3.8, 4) is 5.69 Å². The van der Waals surface area contributed by atoms with Crippen molar-refractivity contribution >= 4 is 16.5 Å². The van der Waals surface area contributed by atoms with Crippen LogP contribution in [0.5, 0.6) is 0 Å². The van der Waals surface area contributed by atoms with Crippen LogP contribution in [0, 0.1) is 27.7 Å². The predicted octanol–water partition coefficient (Wildman–Crippen LogP) is 4.50. The van der Waals surface area contributed by atoms with Crippen molar-refractivity contribution in [1.29, 1.82) is 0 Å². The fourth-order valence-electron chi connectivity index (χ4n) is 3.76. The van der Waals surface area contributed by atoms with Crippen molar-refractivity contribution in [2.24, 2.45) is 0 Å². The molecule has 3 rings (SSSR count). The summed E-state index contributed by atoms with van der Waals surface area (Å²) in [7, 11) is 0. The highest BCUT2D eigenvalue weighted by atomic mass is 15.1. The van der Waals surface area contributed by atoms with Crippen LogP contribution in [0.25, 0.3) is 16.5 Å². The van der Waals surface area contributed by atoms with E-state index in [1.807, 2.05) is 13.8 Å². The highest BCUT2D eigenvalue weighted by molar-refractivity contribution is 5.92. The average molecular weight is 322 g/mol. The van der Waals surface area contributed by atoms with Gasteiger partial charge in [0.2, 0.25) is 0 Å². The normalized spacial score (nSPS) is 11.2. The number of fused-ring (bicyclic) bond motifs is 1. The molecule has 0 saturated carbocycles. The number of anilines is 1. The van der Waals surface area contributed by atoms with Crippen LogP contribution in [0.1, 0.15) is 36.6 Å². The molecule has 0 aliphatic carbocycles. The van der Waals surface area contributed by atoms with Crippen LogP contribution in [0.4, 0.5) is 5.69 Å². The van der Waals surface area contributed by atoms with Crippen LogP contribution in [-0.4, -0.2) is 27.9 Å². The summed E-state index contributed by atoms with van der Waals surface area (Å²) in [5.41, 5.74) is 6.91. The van der Waals surface area contributed by atoms with Gasteiger partial charge in [-0.15, -0.1) is 0 Å². The van der Waals surface area contributed by atoms with Crippen LogP contribution in [-0.2, 0) is 0 Å². The monoisotopic (exact) mass is 322 g/mol. The van der Waals surface area contributed by atoms with Crippen molar-refractivity contribution in [2.75, 3.05) is 18.0 Å². The highest BCUT2D eigenvalue weighted by Gasteiger charge is 2.17. The van der Waals surface area contributed by atoms with Gasteiger partial charge in [0, 0.05) is 46.6 Å². The Kier molecular flexibility index (Phi) is 4.31. The molecule has 0 atom stereocenters. The minimum absolute atomic E-state index is 0.995. The molecule has 0 spiro atoms. The van der Waals surface area contributed by atoms with Gasteiger partial charge >= 0.3 is 0 Å². The van der Waals surface area contributed by atoms with E-state index in [4.69, 9.17) is 0 Å². The molecular weight excluding hydrogens is 296 g/mol. The summed E-state index contributed by atoms with van der Waals surface area (Å²) in [6, 6.07) is 8.83. The number of nitrogens with zero attached hydrogens (tertiary/aromatic N) is 4. The molecule has 126 valence electrons. The van der Waals surface area contributed by atoms with Crippen molar-refractivity contribution < 1.29 is 0 Å². The third-order valence-electron chi connectivity index (χ3n) is 4.95. The standard InChI is InChI=1S/C20H26N4/c1-7-23(8-2)17-9-11-18(12-10-17)24-15(5)19-13(3)21-22-14(4)20(19)16(24)6/h9-12H,7-8H2,1-6H3. The molecule has 4 nitrogen and oxygen atoms in total. The number of hydrogen-bond acceptors (Lipinski definition) is 3. The molecular formula is C20H26N4. The fourth-order valence-corrected chi connectivity index (χ4v) is 3.76. The quantitative estimate of drug-likeness (QED) is 0.709. The van der Waals surface area contributed by atoms with Gasteiger partial charge in [-0.3, -0.25) is 0 Å². The van der Waals surface area contributed by atoms with Crippen LogP contribution in [0.15, 0.2) is 24.3 Å². The first kappa shape index (κ1) is 16.5. The lowest BCUT2D eigenvalue weighted by Gasteiger charge is -2.21. The third-order valence-corrected chi connectivity index (χ3v) is 4.95. The Bertz CT molecular complexity index is 826. The Hall–Kier alpha value is -2.36. The van der Waals surface area contributed by atoms with Crippen LogP contribution in [0.2, 0.25) is 0 Å². The summed E-state index contributed by atoms with van der Waals surface area (Å²) in [5.74, 6) is 0. The minimum atomic E-state index is 0.995. The summed E-state index contributed by atoms with van der Waals surface area (Å²) in [4.78, 5) is 2.36. The van der Waals surface area contributed by atoms with Crippen molar-refractivity contribution in [2.45, 2.75) is 41.5 Å². The molecule has 0 amide bonds. The predicted molar refractivity (Wildman–Crippen MR) is 101 cm³/mol. The van der Waals surface area contributed by atoms with E-state index in [9.17, 15) is 0 Å². The summed E-state index contributed by atoms with van der Waals surface area (Å²) >= 11 is 0. The van der Waals surface area contributed by atoms with Gasteiger partial charge in [-0.25, -0.2) is 0 Å². The summed E-state index contributed by atoms with van der Waals surface area (Å²) in [6.07, 6.45) is 0. The fraction of sp³-hybridized carbons (Fsp3) is 0.400. The number of aryl methyl sites for hydroxylation is 4. The Labute approximate surface area is 144 Å². The first-order chi connectivity index (χ1) is 11.5. The number of aromatic nitrogens is 3. The molecule has 0 aliphatic heterocycles. The molecule has 0 aliphatic rings. The van der Waals surface area contributed by atoms with Gasteiger partial charge in [-0.2, -0.15) is 10.2 Å². The zero-order chi connectivity index (χ0) is 17.4. The topological polar surface area (TPSA) is 34.0 Å². The van der Waals surface area contributed by atoms with Crippen molar-refractivity contribution in [1.82, 2.24) is 14.8 Å². The maximum absolute atomic E-state index is 4.31. The minimum Gasteiger partial charge on any atom is -0.372 e. The van der Waals surface area contributed by atoms with E-state index >= 15 is 0 Å². The molecule has 0 fully saturated rings. The molecule has 2 heterocycles. The van der Waals surface area contributed by atoms with E-state index < -0.39 is 0 Å². The van der Waals surface area contributed by atoms with Gasteiger partial charge in [0.1, 0.15) is 0 Å². The Morgan fingerprint density at radius 3 is 1.67 bits per heavy atom. The van der Waals surface area contributed by atoms with E-state index in [0.29, 0.717) is 0 Å². The largest absolute Gasteiger partial charge is 0.372 e. The zero-order valence-corrected chi connectivity index (χ0v) is 15.5. The smallest absolute Gasteiger partial charge is 0.0696 e. The van der Waals surface area contributed by atoms with Crippen LogP contribution in [0.3, 0.4) is 0 Å². The Morgan fingerprint density at radius 1 is 0.792 bits per heavy atom. The third kappa shape index (κ3) is 2.46. The summed E-state index contributed by atoms with van der Waals surface area (Å²) in [6.45, 7) is 14.8. The van der Waals surface area contributed by atoms with E-state index in [2.05, 4.69) is 71.6 Å². The molecule has 0 unspecified atom stereocenters. The maximum atomic E-state index is 4.31. The van der Waals surface area contributed by atoms with Gasteiger partial charge in [-0.05, 0) is 65.8 Å². The lowest BCUT2D eigenvalue weighted by molar-refractivity contribution is 0.865. The van der Waals surface area contributed by atoms with E-state index in [1.165, 1.54) is 33.5 Å². The second-order valence-electron chi connectivity index (χ2n) is 6.32. The van der Waals surface area contributed by atoms with Gasteiger partial charge in [-0.1, -0.05) is 0 Å². The molecule has 1 aromatic carbocycles. The zero-order valence-electron chi connectivity index (χ0n) is 15.5. The van der Waals surface area contributed by atoms with Gasteiger partial charge < -0.3 is 9.47 Å². The molecule has 4 heteroatoms. The molecule has 0 bridgehead atoms. The molecule has 0 saturated heterocycles. The molecule has 24 heavy (non-hydrogen) atoms. The van der Waals surface area contributed by atoms with Crippen LogP contribution >= 0.6 is 0 Å².